The third kappa shape index (κ3) is 3.62. The predicted molar refractivity (Wildman–Crippen MR) is 84.9 cm³/mol. The van der Waals surface area contributed by atoms with Crippen LogP contribution in [0, 0.1) is 0 Å². The van der Waals surface area contributed by atoms with E-state index in [0.717, 1.165) is 18.4 Å². The van der Waals surface area contributed by atoms with Gasteiger partial charge in [0.2, 0.25) is 0 Å². The molecule has 0 aliphatic carbocycles. The Morgan fingerprint density at radius 1 is 0.950 bits per heavy atom. The minimum absolute atomic E-state index is 0.126. The molecular weight excluding hydrogens is 291 g/mol. The highest BCUT2D eigenvalue weighted by Gasteiger charge is 2.21. The number of carbonyl (C=O) groups excluding carboxylic acids is 1. The summed E-state index contributed by atoms with van der Waals surface area (Å²) in [6, 6.07) is 14.6. The fraction of sp³-hybridized carbons (Fsp3) is 0.235. The second kappa shape index (κ2) is 6.92. The summed E-state index contributed by atoms with van der Waals surface area (Å²) in [6.07, 6.45) is 1.77. The molecule has 1 atom stereocenters. The van der Waals surface area contributed by atoms with Crippen molar-refractivity contribution in [2.24, 2.45) is 0 Å². The summed E-state index contributed by atoms with van der Waals surface area (Å²) in [5.74, 6) is 0.00396. The smallest absolute Gasteiger partial charge is 0.170 e. The molecule has 0 radical (unpaired) electrons. The first-order valence-corrected chi connectivity index (χ1v) is 7.42. The van der Waals surface area contributed by atoms with Gasteiger partial charge in [0.25, 0.3) is 0 Å². The van der Waals surface area contributed by atoms with Crippen molar-refractivity contribution < 1.29 is 4.79 Å². The summed E-state index contributed by atoms with van der Waals surface area (Å²) < 4.78 is 0. The molecular formula is C17H16Cl2O. The lowest BCUT2D eigenvalue weighted by atomic mass is 9.87. The van der Waals surface area contributed by atoms with Crippen molar-refractivity contribution in [1.29, 1.82) is 0 Å². The van der Waals surface area contributed by atoms with Crippen molar-refractivity contribution in [3.8, 4) is 0 Å². The van der Waals surface area contributed by atoms with Gasteiger partial charge in [-0.2, -0.15) is 0 Å². The molecule has 0 saturated heterocycles. The van der Waals surface area contributed by atoms with Crippen LogP contribution in [-0.4, -0.2) is 5.78 Å². The molecule has 104 valence electrons. The van der Waals surface area contributed by atoms with E-state index < -0.39 is 0 Å². The normalized spacial score (nSPS) is 12.2. The average molecular weight is 307 g/mol. The van der Waals surface area contributed by atoms with E-state index in [4.69, 9.17) is 23.2 Å². The Morgan fingerprint density at radius 3 is 1.95 bits per heavy atom. The minimum atomic E-state index is -0.126. The molecule has 3 heteroatoms. The van der Waals surface area contributed by atoms with Gasteiger partial charge in [-0.3, -0.25) is 4.79 Å². The van der Waals surface area contributed by atoms with E-state index in [-0.39, 0.29) is 11.7 Å². The fourth-order valence-electron chi connectivity index (χ4n) is 2.25. The molecule has 1 nitrogen and oxygen atoms in total. The topological polar surface area (TPSA) is 17.1 Å². The number of ketones is 1. The molecule has 0 bridgehead atoms. The van der Waals surface area contributed by atoms with Crippen LogP contribution in [0.25, 0.3) is 0 Å². The van der Waals surface area contributed by atoms with Crippen molar-refractivity contribution in [3.05, 3.63) is 69.7 Å². The molecule has 2 aromatic rings. The maximum Gasteiger partial charge on any atom is 0.170 e. The summed E-state index contributed by atoms with van der Waals surface area (Å²) in [5.41, 5.74) is 1.71. The van der Waals surface area contributed by atoms with Gasteiger partial charge in [0.05, 0.1) is 0 Å². The molecule has 0 aromatic heterocycles. The van der Waals surface area contributed by atoms with E-state index in [9.17, 15) is 4.79 Å². The molecule has 2 rings (SSSR count). The third-order valence-corrected chi connectivity index (χ3v) is 3.80. The van der Waals surface area contributed by atoms with E-state index >= 15 is 0 Å². The standard InChI is InChI=1S/C17H16Cl2O/c1-2-3-16(12-4-8-14(18)9-5-12)17(20)13-6-10-15(19)11-7-13/h4-11,16H,2-3H2,1H3/t16-/m1/s1. The quantitative estimate of drug-likeness (QED) is 0.642. The first kappa shape index (κ1) is 15.1. The Bertz CT molecular complexity index is 573. The zero-order valence-corrected chi connectivity index (χ0v) is 12.8. The number of rotatable bonds is 5. The Labute approximate surface area is 129 Å². The molecule has 0 spiro atoms. The highest BCUT2D eigenvalue weighted by atomic mass is 35.5. The number of Topliss-reactive ketones (excluding diaryl/α,β-unsaturated/α-hetero) is 1. The van der Waals surface area contributed by atoms with Gasteiger partial charge in [-0.15, -0.1) is 0 Å². The van der Waals surface area contributed by atoms with E-state index in [1.165, 1.54) is 0 Å². The van der Waals surface area contributed by atoms with E-state index in [1.807, 2.05) is 24.3 Å². The number of carbonyl (C=O) groups is 1. The zero-order valence-electron chi connectivity index (χ0n) is 11.3. The molecule has 0 amide bonds. The lowest BCUT2D eigenvalue weighted by Gasteiger charge is -2.16. The number of halogens is 2. The van der Waals surface area contributed by atoms with Gasteiger partial charge in [-0.25, -0.2) is 0 Å². The SMILES string of the molecule is CCC[C@@H](C(=O)c1ccc(Cl)cc1)c1ccc(Cl)cc1. The van der Waals surface area contributed by atoms with E-state index in [1.54, 1.807) is 24.3 Å². The minimum Gasteiger partial charge on any atom is -0.293 e. The molecule has 0 unspecified atom stereocenters. The van der Waals surface area contributed by atoms with Gasteiger partial charge in [-0.05, 0) is 48.4 Å². The average Bonchev–Trinajstić information content (AvgIpc) is 2.46. The monoisotopic (exact) mass is 306 g/mol. The highest BCUT2D eigenvalue weighted by molar-refractivity contribution is 6.31. The molecule has 0 saturated carbocycles. The molecule has 0 aliphatic heterocycles. The number of hydrogen-bond acceptors (Lipinski definition) is 1. The molecule has 0 aliphatic rings. The molecule has 20 heavy (non-hydrogen) atoms. The molecule has 0 heterocycles. The Morgan fingerprint density at radius 2 is 1.45 bits per heavy atom. The summed E-state index contributed by atoms with van der Waals surface area (Å²) in [4.78, 5) is 12.7. The summed E-state index contributed by atoms with van der Waals surface area (Å²) in [6.45, 7) is 2.08. The first-order valence-electron chi connectivity index (χ1n) is 6.67. The number of benzene rings is 2. The molecule has 0 fully saturated rings. The van der Waals surface area contributed by atoms with Crippen molar-refractivity contribution in [2.45, 2.75) is 25.7 Å². The fourth-order valence-corrected chi connectivity index (χ4v) is 2.50. The summed E-state index contributed by atoms with van der Waals surface area (Å²) in [5, 5.41) is 1.32. The van der Waals surface area contributed by atoms with Crippen LogP contribution in [0.2, 0.25) is 10.0 Å². The van der Waals surface area contributed by atoms with Crippen LogP contribution >= 0.6 is 23.2 Å². The van der Waals surface area contributed by atoms with Crippen LogP contribution in [0.3, 0.4) is 0 Å². The van der Waals surface area contributed by atoms with E-state index in [0.29, 0.717) is 15.6 Å². The lowest BCUT2D eigenvalue weighted by Crippen LogP contribution is -2.12. The van der Waals surface area contributed by atoms with Crippen molar-refractivity contribution in [3.63, 3.8) is 0 Å². The van der Waals surface area contributed by atoms with Crippen LogP contribution in [-0.2, 0) is 0 Å². The third-order valence-electron chi connectivity index (χ3n) is 3.29. The molecule has 2 aromatic carbocycles. The number of hydrogen-bond donors (Lipinski definition) is 0. The van der Waals surface area contributed by atoms with Crippen molar-refractivity contribution in [2.75, 3.05) is 0 Å². The largest absolute Gasteiger partial charge is 0.293 e. The van der Waals surface area contributed by atoms with E-state index in [2.05, 4.69) is 6.92 Å². The van der Waals surface area contributed by atoms with Gasteiger partial charge in [0, 0.05) is 21.5 Å². The van der Waals surface area contributed by atoms with Crippen LogP contribution in [0.15, 0.2) is 48.5 Å². The Balaban J connectivity index is 2.30. The van der Waals surface area contributed by atoms with Crippen LogP contribution in [0.4, 0.5) is 0 Å². The summed E-state index contributed by atoms with van der Waals surface area (Å²) in [7, 11) is 0. The maximum absolute atomic E-state index is 12.7. The molecule has 0 N–H and O–H groups in total. The maximum atomic E-state index is 12.7. The summed E-state index contributed by atoms with van der Waals surface area (Å²) >= 11 is 11.8. The van der Waals surface area contributed by atoms with Gasteiger partial charge in [-0.1, -0.05) is 48.7 Å². The van der Waals surface area contributed by atoms with Crippen LogP contribution in [0.1, 0.15) is 41.6 Å². The van der Waals surface area contributed by atoms with Gasteiger partial charge in [0.15, 0.2) is 5.78 Å². The van der Waals surface area contributed by atoms with Gasteiger partial charge in [0.1, 0.15) is 0 Å². The lowest BCUT2D eigenvalue weighted by molar-refractivity contribution is 0.0954. The second-order valence-corrected chi connectivity index (χ2v) is 5.64. The van der Waals surface area contributed by atoms with Crippen LogP contribution in [0.5, 0.6) is 0 Å². The van der Waals surface area contributed by atoms with Crippen molar-refractivity contribution >= 4 is 29.0 Å². The van der Waals surface area contributed by atoms with Gasteiger partial charge >= 0.3 is 0 Å². The van der Waals surface area contributed by atoms with Gasteiger partial charge < -0.3 is 0 Å². The zero-order chi connectivity index (χ0) is 14.5. The highest BCUT2D eigenvalue weighted by Crippen LogP contribution is 2.27. The second-order valence-electron chi connectivity index (χ2n) is 4.76. The van der Waals surface area contributed by atoms with Crippen LogP contribution < -0.4 is 0 Å². The Hall–Kier alpha value is -1.31. The Kier molecular flexibility index (Phi) is 5.22. The first-order chi connectivity index (χ1) is 9.61. The van der Waals surface area contributed by atoms with Crippen molar-refractivity contribution in [1.82, 2.24) is 0 Å². The predicted octanol–water partition coefficient (Wildman–Crippen LogP) is 5.76.